The van der Waals surface area contributed by atoms with Crippen LogP contribution >= 0.6 is 7.53 Å². The maximum atomic E-state index is 2.34. The maximum Gasteiger partial charge on any atom is -0.00568 e. The molecule has 0 aliphatic heterocycles. The first kappa shape index (κ1) is 10.3. The van der Waals surface area contributed by atoms with E-state index in [-0.39, 0.29) is 7.53 Å². The highest BCUT2D eigenvalue weighted by Crippen LogP contribution is 2.38. The van der Waals surface area contributed by atoms with E-state index in [0.717, 1.165) is 5.66 Å². The monoisotopic (exact) mass is 192 g/mol. The molecule has 1 rings (SSSR count). The molecule has 0 aromatic carbocycles. The standard InChI is InChI=1S/C12H17P/c1-3-12(2)13-10-8-6-4-5-7-9-11-13/h4-12H,3H2,1-2H3. The Bertz CT molecular complexity index is 263. The maximum absolute atomic E-state index is 2.34. The second-order valence-corrected chi connectivity index (χ2v) is 5.53. The third-order valence-corrected chi connectivity index (χ3v) is 4.59. The lowest BCUT2D eigenvalue weighted by Crippen LogP contribution is -1.74. The quantitative estimate of drug-likeness (QED) is 0.633. The van der Waals surface area contributed by atoms with Gasteiger partial charge in [0.15, 0.2) is 0 Å². The molecule has 1 heteroatoms. The molecule has 0 nitrogen and oxygen atoms in total. The Morgan fingerprint density at radius 3 is 1.85 bits per heavy atom. The lowest BCUT2D eigenvalue weighted by atomic mass is 10.4. The van der Waals surface area contributed by atoms with Gasteiger partial charge in [-0.05, 0) is 23.7 Å². The van der Waals surface area contributed by atoms with Crippen molar-refractivity contribution >= 4 is 7.53 Å². The van der Waals surface area contributed by atoms with Crippen molar-refractivity contribution in [3.05, 3.63) is 48.0 Å². The smallest absolute Gasteiger partial charge is 0.00568 e. The van der Waals surface area contributed by atoms with E-state index in [4.69, 9.17) is 0 Å². The molecule has 70 valence electrons. The van der Waals surface area contributed by atoms with E-state index < -0.39 is 0 Å². The zero-order valence-electron chi connectivity index (χ0n) is 8.35. The Labute approximate surface area is 82.0 Å². The Morgan fingerprint density at radius 2 is 1.38 bits per heavy atom. The molecule has 0 aliphatic rings. The van der Waals surface area contributed by atoms with Crippen LogP contribution in [0.25, 0.3) is 0 Å². The van der Waals surface area contributed by atoms with Gasteiger partial charge in [-0.15, -0.1) is 7.53 Å². The number of rotatable bonds is 2. The fourth-order valence-corrected chi connectivity index (χ4v) is 2.81. The third kappa shape index (κ3) is 3.65. The largest absolute Gasteiger partial charge is 0.122 e. The summed E-state index contributed by atoms with van der Waals surface area (Å²) in [7, 11) is -0.0574. The minimum absolute atomic E-state index is 0.0574. The zero-order valence-corrected chi connectivity index (χ0v) is 9.24. The Balaban J connectivity index is 3.04. The van der Waals surface area contributed by atoms with Crippen LogP contribution < -0.4 is 0 Å². The van der Waals surface area contributed by atoms with E-state index >= 15 is 0 Å². The van der Waals surface area contributed by atoms with Gasteiger partial charge < -0.3 is 0 Å². The van der Waals surface area contributed by atoms with Crippen LogP contribution in [0, 0.1) is 0 Å². The van der Waals surface area contributed by atoms with Gasteiger partial charge >= 0.3 is 0 Å². The highest BCUT2D eigenvalue weighted by Gasteiger charge is 1.97. The molecule has 1 atom stereocenters. The van der Waals surface area contributed by atoms with E-state index in [0.29, 0.717) is 0 Å². The number of hydrogen-bond donors (Lipinski definition) is 0. The van der Waals surface area contributed by atoms with Crippen LogP contribution in [0.5, 0.6) is 0 Å². The van der Waals surface area contributed by atoms with Crippen molar-refractivity contribution in [2.45, 2.75) is 25.9 Å². The predicted octanol–water partition coefficient (Wildman–Crippen LogP) is 4.77. The fourth-order valence-electron chi connectivity index (χ4n) is 1.11. The molecular formula is C12H17P. The van der Waals surface area contributed by atoms with Gasteiger partial charge in [-0.1, -0.05) is 50.2 Å². The van der Waals surface area contributed by atoms with Gasteiger partial charge in [0.2, 0.25) is 0 Å². The van der Waals surface area contributed by atoms with Crippen molar-refractivity contribution in [1.29, 1.82) is 0 Å². The summed E-state index contributed by atoms with van der Waals surface area (Å²) < 4.78 is 0. The van der Waals surface area contributed by atoms with Crippen molar-refractivity contribution in [3.8, 4) is 0 Å². The van der Waals surface area contributed by atoms with E-state index in [2.05, 4.69) is 61.8 Å². The lowest BCUT2D eigenvalue weighted by Gasteiger charge is -2.06. The molecule has 0 aliphatic carbocycles. The molecule has 1 aromatic heterocycles. The minimum atomic E-state index is -0.0574. The van der Waals surface area contributed by atoms with Crippen molar-refractivity contribution in [1.82, 2.24) is 0 Å². The van der Waals surface area contributed by atoms with Gasteiger partial charge in [-0.25, -0.2) is 0 Å². The molecule has 0 N–H and O–H groups in total. The van der Waals surface area contributed by atoms with Crippen LogP contribution in [0.1, 0.15) is 25.9 Å². The van der Waals surface area contributed by atoms with Gasteiger partial charge in [0.1, 0.15) is 0 Å². The lowest BCUT2D eigenvalue weighted by molar-refractivity contribution is 0.847. The summed E-state index contributed by atoms with van der Waals surface area (Å²) in [5, 5.41) is 0. The van der Waals surface area contributed by atoms with E-state index in [1.807, 2.05) is 0 Å². The first-order chi connectivity index (χ1) is 6.34. The van der Waals surface area contributed by atoms with Gasteiger partial charge in [-0.2, -0.15) is 0 Å². The molecule has 0 saturated carbocycles. The van der Waals surface area contributed by atoms with Crippen molar-refractivity contribution in [3.63, 3.8) is 0 Å². The molecule has 0 saturated heterocycles. The molecule has 1 aromatic rings. The van der Waals surface area contributed by atoms with Gasteiger partial charge in [0, 0.05) is 0 Å². The van der Waals surface area contributed by atoms with Crippen LogP contribution in [0.15, 0.2) is 48.0 Å². The van der Waals surface area contributed by atoms with Gasteiger partial charge in [0.25, 0.3) is 0 Å². The predicted molar refractivity (Wildman–Crippen MR) is 61.8 cm³/mol. The average molecular weight is 192 g/mol. The van der Waals surface area contributed by atoms with Crippen molar-refractivity contribution in [2.75, 3.05) is 0 Å². The van der Waals surface area contributed by atoms with Gasteiger partial charge in [0.05, 0.1) is 0 Å². The Kier molecular flexibility index (Phi) is 4.64. The fraction of sp³-hybridized carbons (Fsp3) is 0.333. The summed E-state index contributed by atoms with van der Waals surface area (Å²) in [6, 6.07) is 12.7. The third-order valence-electron chi connectivity index (χ3n) is 2.17. The molecule has 13 heavy (non-hydrogen) atoms. The minimum Gasteiger partial charge on any atom is -0.122 e. The second kappa shape index (κ2) is 5.83. The molecule has 1 heterocycles. The molecule has 0 radical (unpaired) electrons. The molecule has 0 fully saturated rings. The Morgan fingerprint density at radius 1 is 0.923 bits per heavy atom. The summed E-state index contributed by atoms with van der Waals surface area (Å²) >= 11 is 0. The normalized spacial score (nSPS) is 11.8. The topological polar surface area (TPSA) is 0 Å². The van der Waals surface area contributed by atoms with Gasteiger partial charge in [-0.3, -0.25) is 0 Å². The highest BCUT2D eigenvalue weighted by atomic mass is 31.1. The molecule has 0 bridgehead atoms. The van der Waals surface area contributed by atoms with Crippen molar-refractivity contribution < 1.29 is 0 Å². The van der Waals surface area contributed by atoms with E-state index in [9.17, 15) is 0 Å². The van der Waals surface area contributed by atoms with E-state index in [1.54, 1.807) is 0 Å². The van der Waals surface area contributed by atoms with Crippen LogP contribution in [0.2, 0.25) is 0 Å². The SMILES string of the molecule is CCC(C)p1cccccccc1. The van der Waals surface area contributed by atoms with Crippen molar-refractivity contribution in [2.24, 2.45) is 0 Å². The van der Waals surface area contributed by atoms with Crippen LogP contribution in [0.4, 0.5) is 0 Å². The average Bonchev–Trinajstić information content (AvgIpc) is 2.29. The molecule has 1 unspecified atom stereocenters. The summed E-state index contributed by atoms with van der Waals surface area (Å²) in [4.78, 5) is 0. The zero-order chi connectivity index (χ0) is 9.52. The first-order valence-corrected chi connectivity index (χ1v) is 6.35. The summed E-state index contributed by atoms with van der Waals surface area (Å²) in [5.74, 6) is 4.67. The molecule has 0 amide bonds. The first-order valence-electron chi connectivity index (χ1n) is 4.80. The summed E-state index contributed by atoms with van der Waals surface area (Å²) in [5.41, 5.74) is 0.794. The molecule has 0 spiro atoms. The van der Waals surface area contributed by atoms with Crippen LogP contribution in [0.3, 0.4) is 0 Å². The van der Waals surface area contributed by atoms with E-state index in [1.165, 1.54) is 6.42 Å². The highest BCUT2D eigenvalue weighted by molar-refractivity contribution is 7.48. The second-order valence-electron chi connectivity index (χ2n) is 3.16. The molecular weight excluding hydrogens is 175 g/mol. The van der Waals surface area contributed by atoms with Crippen LogP contribution in [-0.4, -0.2) is 0 Å². The summed E-state index contributed by atoms with van der Waals surface area (Å²) in [6.07, 6.45) is 1.26. The van der Waals surface area contributed by atoms with Crippen LogP contribution in [-0.2, 0) is 0 Å². The Hall–Kier alpha value is -0.740. The number of hydrogen-bond acceptors (Lipinski definition) is 0. The summed E-state index contributed by atoms with van der Waals surface area (Å²) in [6.45, 7) is 4.58.